The van der Waals surface area contributed by atoms with E-state index in [1.165, 1.54) is 8.45 Å². The van der Waals surface area contributed by atoms with Crippen molar-refractivity contribution in [3.8, 4) is 10.6 Å². The molecule has 0 aliphatic carbocycles. The number of rotatable bonds is 5. The van der Waals surface area contributed by atoms with Crippen LogP contribution in [0.2, 0.25) is 0 Å². The summed E-state index contributed by atoms with van der Waals surface area (Å²) in [5.41, 5.74) is 1.19. The minimum atomic E-state index is 0.667. The molecule has 0 aromatic carbocycles. The second kappa shape index (κ2) is 6.21. The SMILES string of the molecule is CC(C)CNCc1nnc(-c2csc(I)c2)s1. The summed E-state index contributed by atoms with van der Waals surface area (Å²) in [5, 5.41) is 16.0. The molecular formula is C11H14IN3S2. The molecule has 2 aromatic rings. The summed E-state index contributed by atoms with van der Waals surface area (Å²) in [4.78, 5) is 0. The number of nitrogens with zero attached hydrogens (tertiary/aromatic N) is 2. The van der Waals surface area contributed by atoms with Crippen molar-refractivity contribution in [2.75, 3.05) is 6.54 Å². The molecule has 0 radical (unpaired) electrons. The standard InChI is InChI=1S/C11H14IN3S2/c1-7(2)4-13-5-10-14-15-11(17-10)8-3-9(12)16-6-8/h3,6-7,13H,4-5H2,1-2H3. The first-order chi connectivity index (χ1) is 8.15. The summed E-state index contributed by atoms with van der Waals surface area (Å²) < 4.78 is 1.28. The molecule has 0 spiro atoms. The predicted octanol–water partition coefficient (Wildman–Crippen LogP) is 3.62. The van der Waals surface area contributed by atoms with Gasteiger partial charge in [-0.05, 0) is 41.1 Å². The van der Waals surface area contributed by atoms with E-state index in [0.29, 0.717) is 5.92 Å². The van der Waals surface area contributed by atoms with Gasteiger partial charge < -0.3 is 5.32 Å². The second-order valence-electron chi connectivity index (χ2n) is 4.17. The van der Waals surface area contributed by atoms with Gasteiger partial charge >= 0.3 is 0 Å². The number of halogens is 1. The Balaban J connectivity index is 1.96. The van der Waals surface area contributed by atoms with Gasteiger partial charge in [-0.15, -0.1) is 21.5 Å². The molecule has 0 amide bonds. The van der Waals surface area contributed by atoms with Crippen LogP contribution in [0.15, 0.2) is 11.4 Å². The van der Waals surface area contributed by atoms with Gasteiger partial charge in [-0.3, -0.25) is 0 Å². The average Bonchev–Trinajstić information content (AvgIpc) is 2.86. The van der Waals surface area contributed by atoms with Crippen LogP contribution in [0.4, 0.5) is 0 Å². The van der Waals surface area contributed by atoms with E-state index in [4.69, 9.17) is 0 Å². The molecule has 2 heterocycles. The van der Waals surface area contributed by atoms with E-state index >= 15 is 0 Å². The summed E-state index contributed by atoms with van der Waals surface area (Å²) in [6.07, 6.45) is 0. The van der Waals surface area contributed by atoms with Crippen molar-refractivity contribution in [1.29, 1.82) is 0 Å². The Kier molecular flexibility index (Phi) is 4.89. The van der Waals surface area contributed by atoms with Crippen LogP contribution in [0.5, 0.6) is 0 Å². The van der Waals surface area contributed by atoms with E-state index in [-0.39, 0.29) is 0 Å². The van der Waals surface area contributed by atoms with E-state index < -0.39 is 0 Å². The van der Waals surface area contributed by atoms with E-state index in [2.05, 4.69) is 63.4 Å². The highest BCUT2D eigenvalue weighted by molar-refractivity contribution is 14.1. The largest absolute Gasteiger partial charge is 0.310 e. The first-order valence-electron chi connectivity index (χ1n) is 5.42. The van der Waals surface area contributed by atoms with E-state index in [9.17, 15) is 0 Å². The smallest absolute Gasteiger partial charge is 0.148 e. The normalized spacial score (nSPS) is 11.3. The number of hydrogen-bond acceptors (Lipinski definition) is 5. The number of thiophene rings is 1. The van der Waals surface area contributed by atoms with Crippen molar-refractivity contribution in [3.05, 3.63) is 19.3 Å². The predicted molar refractivity (Wildman–Crippen MR) is 82.5 cm³/mol. The zero-order valence-corrected chi connectivity index (χ0v) is 13.5. The van der Waals surface area contributed by atoms with Crippen molar-refractivity contribution in [1.82, 2.24) is 15.5 Å². The van der Waals surface area contributed by atoms with Crippen LogP contribution in [0.25, 0.3) is 10.6 Å². The molecule has 2 aromatic heterocycles. The molecular weight excluding hydrogens is 365 g/mol. The molecule has 0 saturated heterocycles. The van der Waals surface area contributed by atoms with Crippen LogP contribution in [0, 0.1) is 8.80 Å². The third kappa shape index (κ3) is 3.97. The van der Waals surface area contributed by atoms with Gasteiger partial charge in [0.05, 0.1) is 2.88 Å². The number of aromatic nitrogens is 2. The van der Waals surface area contributed by atoms with Gasteiger partial charge in [0.2, 0.25) is 0 Å². The van der Waals surface area contributed by atoms with Crippen LogP contribution in [0.1, 0.15) is 18.9 Å². The highest BCUT2D eigenvalue weighted by atomic mass is 127. The number of nitrogens with one attached hydrogen (secondary N) is 1. The quantitative estimate of drug-likeness (QED) is 0.807. The first-order valence-corrected chi connectivity index (χ1v) is 8.20. The molecule has 0 unspecified atom stereocenters. The third-order valence-electron chi connectivity index (χ3n) is 2.11. The maximum atomic E-state index is 4.23. The summed E-state index contributed by atoms with van der Waals surface area (Å²) in [6, 6.07) is 2.15. The second-order valence-corrected chi connectivity index (χ2v) is 8.03. The minimum Gasteiger partial charge on any atom is -0.310 e. The molecule has 0 atom stereocenters. The topological polar surface area (TPSA) is 37.8 Å². The van der Waals surface area contributed by atoms with Crippen LogP contribution in [-0.2, 0) is 6.54 Å². The Labute approximate surface area is 123 Å². The van der Waals surface area contributed by atoms with Gasteiger partial charge in [-0.2, -0.15) is 0 Å². The molecule has 6 heteroatoms. The lowest BCUT2D eigenvalue weighted by atomic mass is 10.2. The lowest BCUT2D eigenvalue weighted by Gasteiger charge is -2.03. The van der Waals surface area contributed by atoms with Crippen LogP contribution >= 0.6 is 45.3 Å². The molecule has 2 rings (SSSR count). The molecule has 1 N–H and O–H groups in total. The van der Waals surface area contributed by atoms with Gasteiger partial charge in [0.1, 0.15) is 10.0 Å². The minimum absolute atomic E-state index is 0.667. The highest BCUT2D eigenvalue weighted by Gasteiger charge is 2.08. The van der Waals surface area contributed by atoms with Gasteiger partial charge in [0.25, 0.3) is 0 Å². The summed E-state index contributed by atoms with van der Waals surface area (Å²) in [5.74, 6) is 0.667. The van der Waals surface area contributed by atoms with Gasteiger partial charge in [-0.1, -0.05) is 25.2 Å². The van der Waals surface area contributed by atoms with Crippen molar-refractivity contribution in [2.45, 2.75) is 20.4 Å². The van der Waals surface area contributed by atoms with Crippen LogP contribution < -0.4 is 5.32 Å². The molecule has 3 nitrogen and oxygen atoms in total. The van der Waals surface area contributed by atoms with E-state index in [1.54, 1.807) is 22.7 Å². The van der Waals surface area contributed by atoms with Gasteiger partial charge in [0, 0.05) is 17.5 Å². The van der Waals surface area contributed by atoms with Gasteiger partial charge in [-0.25, -0.2) is 0 Å². The average molecular weight is 379 g/mol. The monoisotopic (exact) mass is 379 g/mol. The van der Waals surface area contributed by atoms with Crippen molar-refractivity contribution >= 4 is 45.3 Å². The highest BCUT2D eigenvalue weighted by Crippen LogP contribution is 2.28. The molecule has 0 aliphatic rings. The molecule has 0 bridgehead atoms. The third-order valence-corrected chi connectivity index (χ3v) is 4.87. The maximum Gasteiger partial charge on any atom is 0.148 e. The molecule has 0 saturated carbocycles. The summed E-state index contributed by atoms with van der Waals surface area (Å²) >= 11 is 5.74. The molecule has 17 heavy (non-hydrogen) atoms. The summed E-state index contributed by atoms with van der Waals surface area (Å²) in [6.45, 7) is 6.24. The molecule has 0 fully saturated rings. The van der Waals surface area contributed by atoms with Crippen LogP contribution in [-0.4, -0.2) is 16.7 Å². The Bertz CT molecular complexity index is 479. The Hall–Kier alpha value is -0.0500. The van der Waals surface area contributed by atoms with E-state index in [0.717, 1.165) is 23.1 Å². The van der Waals surface area contributed by atoms with Crippen molar-refractivity contribution in [2.24, 2.45) is 5.92 Å². The maximum absolute atomic E-state index is 4.23. The Morgan fingerprint density at radius 3 is 2.88 bits per heavy atom. The van der Waals surface area contributed by atoms with Crippen molar-refractivity contribution < 1.29 is 0 Å². The fourth-order valence-electron chi connectivity index (χ4n) is 1.33. The fourth-order valence-corrected chi connectivity index (χ4v) is 3.53. The lowest BCUT2D eigenvalue weighted by molar-refractivity contribution is 0.550. The Morgan fingerprint density at radius 2 is 2.24 bits per heavy atom. The zero-order chi connectivity index (χ0) is 12.3. The van der Waals surface area contributed by atoms with Crippen molar-refractivity contribution in [3.63, 3.8) is 0 Å². The Morgan fingerprint density at radius 1 is 1.41 bits per heavy atom. The van der Waals surface area contributed by atoms with E-state index in [1.807, 2.05) is 0 Å². The molecule has 0 aliphatic heterocycles. The molecule has 92 valence electrons. The first kappa shape index (κ1) is 13.4. The van der Waals surface area contributed by atoms with Gasteiger partial charge in [0.15, 0.2) is 0 Å². The zero-order valence-electron chi connectivity index (χ0n) is 9.74. The lowest BCUT2D eigenvalue weighted by Crippen LogP contribution is -2.18. The van der Waals surface area contributed by atoms with Crippen LogP contribution in [0.3, 0.4) is 0 Å². The summed E-state index contributed by atoms with van der Waals surface area (Å²) in [7, 11) is 0. The fraction of sp³-hybridized carbons (Fsp3) is 0.455. The number of hydrogen-bond donors (Lipinski definition) is 1.